The number of hydrogen-bond acceptors (Lipinski definition) is 6. The van der Waals surface area contributed by atoms with Crippen molar-refractivity contribution in [1.29, 1.82) is 0 Å². The van der Waals surface area contributed by atoms with Gasteiger partial charge in [-0.05, 0) is 48.2 Å². The predicted octanol–water partition coefficient (Wildman–Crippen LogP) is 2.75. The molecule has 0 atom stereocenters. The van der Waals surface area contributed by atoms with Gasteiger partial charge in [-0.15, -0.1) is 0 Å². The Morgan fingerprint density at radius 1 is 0.844 bits per heavy atom. The topological polar surface area (TPSA) is 169 Å². The van der Waals surface area contributed by atoms with E-state index in [0.717, 1.165) is 24.3 Å². The molecule has 9 nitrogen and oxygen atoms in total. The van der Waals surface area contributed by atoms with E-state index >= 15 is 0 Å². The second kappa shape index (κ2) is 10.3. The zero-order valence-electron chi connectivity index (χ0n) is 16.6. The van der Waals surface area contributed by atoms with Gasteiger partial charge < -0.3 is 10.2 Å². The van der Waals surface area contributed by atoms with Crippen LogP contribution < -0.4 is 5.14 Å². The Kier molecular flexibility index (Phi) is 8.86. The van der Waals surface area contributed by atoms with Crippen molar-refractivity contribution in [3.8, 4) is 0 Å². The van der Waals surface area contributed by atoms with Crippen LogP contribution in [0.5, 0.6) is 0 Å². The van der Waals surface area contributed by atoms with Crippen molar-refractivity contribution in [3.05, 3.63) is 58.2 Å². The van der Waals surface area contributed by atoms with E-state index in [4.69, 9.17) is 26.0 Å². The van der Waals surface area contributed by atoms with Gasteiger partial charge in [0.05, 0.1) is 11.1 Å². The number of carboxylic acid groups (broad SMARTS) is 2. The summed E-state index contributed by atoms with van der Waals surface area (Å²) in [5.74, 6) is -4.72. The molecular weight excluding hydrogens is 496 g/mol. The number of sulfonamides is 1. The van der Waals surface area contributed by atoms with Crippen LogP contribution in [-0.2, 0) is 31.9 Å². The maximum absolute atomic E-state index is 13.3. The number of carbonyl (C=O) groups is 2. The summed E-state index contributed by atoms with van der Waals surface area (Å²) in [6, 6.07) is 3.23. The first kappa shape index (κ1) is 27.4. The summed E-state index contributed by atoms with van der Waals surface area (Å²) in [7, 11) is -3.56. The monoisotopic (exact) mass is 513 g/mol. The third-order valence-corrected chi connectivity index (χ3v) is 6.37. The van der Waals surface area contributed by atoms with Crippen molar-refractivity contribution in [2.45, 2.75) is 36.5 Å². The fourth-order valence-corrected chi connectivity index (χ4v) is 4.10. The van der Waals surface area contributed by atoms with Crippen LogP contribution in [0.15, 0.2) is 34.1 Å². The van der Waals surface area contributed by atoms with Crippen molar-refractivity contribution in [3.63, 3.8) is 0 Å². The minimum absolute atomic E-state index is 0.217. The Labute approximate surface area is 186 Å². The van der Waals surface area contributed by atoms with E-state index in [9.17, 15) is 35.2 Å². The van der Waals surface area contributed by atoms with Crippen LogP contribution in [0.2, 0.25) is 0 Å². The van der Waals surface area contributed by atoms with Crippen molar-refractivity contribution in [1.82, 2.24) is 0 Å². The first-order valence-corrected chi connectivity index (χ1v) is 12.5. The van der Waals surface area contributed by atoms with Gasteiger partial charge in [0.25, 0.3) is 9.05 Å². The number of primary sulfonamides is 1. The highest BCUT2D eigenvalue weighted by molar-refractivity contribution is 8.13. The normalized spacial score (nSPS) is 11.4. The van der Waals surface area contributed by atoms with Gasteiger partial charge in [0.15, 0.2) is 0 Å². The highest BCUT2D eigenvalue weighted by Gasteiger charge is 2.22. The van der Waals surface area contributed by atoms with Crippen molar-refractivity contribution >= 4 is 41.7 Å². The molecule has 32 heavy (non-hydrogen) atoms. The first-order valence-electron chi connectivity index (χ1n) is 8.63. The molecule has 0 aliphatic rings. The maximum atomic E-state index is 13.3. The minimum Gasteiger partial charge on any atom is -0.478 e. The van der Waals surface area contributed by atoms with Crippen LogP contribution in [-0.4, -0.2) is 39.0 Å². The van der Waals surface area contributed by atoms with Gasteiger partial charge in [-0.25, -0.2) is 40.3 Å². The van der Waals surface area contributed by atoms with Gasteiger partial charge in [0.1, 0.15) is 21.4 Å². The van der Waals surface area contributed by atoms with E-state index < -0.39 is 52.4 Å². The summed E-state index contributed by atoms with van der Waals surface area (Å²) in [5, 5.41) is 22.4. The number of aryl methyl sites for hydroxylation is 2. The predicted molar refractivity (Wildman–Crippen MR) is 110 cm³/mol. The summed E-state index contributed by atoms with van der Waals surface area (Å²) in [4.78, 5) is 20.0. The van der Waals surface area contributed by atoms with E-state index in [1.807, 2.05) is 0 Å². The van der Waals surface area contributed by atoms with Crippen LogP contribution in [0, 0.1) is 11.6 Å². The third-order valence-electron chi connectivity index (χ3n) is 4.11. The van der Waals surface area contributed by atoms with E-state index in [0.29, 0.717) is 0 Å². The maximum Gasteiger partial charge on any atom is 0.336 e. The molecule has 0 saturated heterocycles. The van der Waals surface area contributed by atoms with Crippen LogP contribution in [0.4, 0.5) is 8.78 Å². The molecule has 0 aliphatic carbocycles. The second-order valence-corrected chi connectivity index (χ2v) is 10.2. The molecule has 0 aliphatic heterocycles. The molecule has 0 fully saturated rings. The number of carboxylic acids is 2. The molecule has 2 aromatic rings. The quantitative estimate of drug-likeness (QED) is 0.495. The highest BCUT2D eigenvalue weighted by Crippen LogP contribution is 2.24. The number of halogens is 3. The summed E-state index contributed by atoms with van der Waals surface area (Å²) in [6.45, 7) is 3.27. The summed E-state index contributed by atoms with van der Waals surface area (Å²) in [5.41, 5.74) is -0.0810. The molecule has 2 aromatic carbocycles. The number of rotatable bonds is 6. The van der Waals surface area contributed by atoms with Crippen LogP contribution in [0.1, 0.15) is 45.7 Å². The average molecular weight is 514 g/mol. The molecule has 0 aromatic heterocycles. The fourth-order valence-electron chi connectivity index (χ4n) is 2.58. The van der Waals surface area contributed by atoms with Gasteiger partial charge in [0.2, 0.25) is 10.0 Å². The van der Waals surface area contributed by atoms with Gasteiger partial charge >= 0.3 is 11.9 Å². The van der Waals surface area contributed by atoms with Gasteiger partial charge in [0, 0.05) is 10.7 Å². The fraction of sp³-hybridized carbons (Fsp3) is 0.222. The molecule has 0 heterocycles. The van der Waals surface area contributed by atoms with Gasteiger partial charge in [-0.3, -0.25) is 0 Å². The largest absolute Gasteiger partial charge is 0.478 e. The van der Waals surface area contributed by atoms with Crippen molar-refractivity contribution < 1.29 is 45.4 Å². The molecule has 14 heteroatoms. The van der Waals surface area contributed by atoms with E-state index in [-0.39, 0.29) is 35.1 Å². The lowest BCUT2D eigenvalue weighted by Crippen LogP contribution is -2.16. The molecule has 0 radical (unpaired) electrons. The lowest BCUT2D eigenvalue weighted by Gasteiger charge is -2.07. The molecule has 2 rings (SSSR count). The molecular formula is C18H18ClF2NO8S2. The molecule has 0 amide bonds. The molecule has 0 bridgehead atoms. The summed E-state index contributed by atoms with van der Waals surface area (Å²) < 4.78 is 70.5. The number of nitrogens with two attached hydrogens (primary N) is 1. The van der Waals surface area contributed by atoms with Gasteiger partial charge in [-0.1, -0.05) is 13.8 Å². The Morgan fingerprint density at radius 2 is 1.19 bits per heavy atom. The van der Waals surface area contributed by atoms with Crippen LogP contribution in [0.25, 0.3) is 0 Å². The van der Waals surface area contributed by atoms with E-state index in [2.05, 4.69) is 0 Å². The smallest absolute Gasteiger partial charge is 0.336 e. The van der Waals surface area contributed by atoms with E-state index in [1.54, 1.807) is 13.8 Å². The van der Waals surface area contributed by atoms with Gasteiger partial charge in [-0.2, -0.15) is 0 Å². The van der Waals surface area contributed by atoms with Crippen LogP contribution >= 0.6 is 10.7 Å². The average Bonchev–Trinajstić information content (AvgIpc) is 2.65. The first-order chi connectivity index (χ1) is 14.5. The number of benzene rings is 2. The Bertz CT molecular complexity index is 1180. The zero-order chi connectivity index (χ0) is 25.0. The number of hydrogen-bond donors (Lipinski definition) is 3. The molecule has 4 N–H and O–H groups in total. The lowest BCUT2D eigenvalue weighted by atomic mass is 10.1. The summed E-state index contributed by atoms with van der Waals surface area (Å²) >= 11 is 0. The Balaban J connectivity index is 0.000000320. The molecule has 0 unspecified atom stereocenters. The standard InChI is InChI=1S/C9H8ClFO4S.C9H10FNO4S/c1-2-5-3-7(11)8(16(10,14)15)4-6(5)9(12)13;1-2-5-3-7(10)8(16(11,14)15)4-6(5)9(12)13/h3-4H,2H2,1H3,(H,12,13);3-4H,2H2,1H3,(H,12,13)(H2,11,14,15). The minimum atomic E-state index is -4.28. The molecule has 176 valence electrons. The Morgan fingerprint density at radius 3 is 1.47 bits per heavy atom. The SMILES string of the molecule is CCc1cc(F)c(S(=O)(=O)Cl)cc1C(=O)O.CCc1cc(F)c(S(N)(=O)=O)cc1C(=O)O. The van der Waals surface area contributed by atoms with E-state index in [1.165, 1.54) is 0 Å². The second-order valence-electron chi connectivity index (χ2n) is 6.18. The molecule has 0 saturated carbocycles. The third kappa shape index (κ3) is 6.69. The van der Waals surface area contributed by atoms with Crippen LogP contribution in [0.3, 0.4) is 0 Å². The van der Waals surface area contributed by atoms with Crippen molar-refractivity contribution in [2.75, 3.05) is 0 Å². The lowest BCUT2D eigenvalue weighted by molar-refractivity contribution is 0.0684. The van der Waals surface area contributed by atoms with Crippen molar-refractivity contribution in [2.24, 2.45) is 5.14 Å². The zero-order valence-corrected chi connectivity index (χ0v) is 19.0. The number of aromatic carboxylic acids is 2. The molecule has 0 spiro atoms. The highest BCUT2D eigenvalue weighted by atomic mass is 35.7. The Hall–Kier alpha value is -2.61. The summed E-state index contributed by atoms with van der Waals surface area (Å²) in [6.07, 6.45) is 0.560.